The minimum absolute atomic E-state index is 0.0132. The molecular formula is C48H47ClN6O3S2. The van der Waals surface area contributed by atoms with Crippen LogP contribution in [0.2, 0.25) is 5.02 Å². The molecular weight excluding hydrogens is 808 g/mol. The van der Waals surface area contributed by atoms with Crippen molar-refractivity contribution in [1.29, 1.82) is 0 Å². The smallest absolute Gasteiger partial charge is 0.322 e. The van der Waals surface area contributed by atoms with Crippen LogP contribution in [0.4, 0.5) is 21.0 Å². The number of aromatic nitrogens is 2. The number of carbonyl (C=O) groups is 2. The van der Waals surface area contributed by atoms with E-state index in [9.17, 15) is 9.59 Å². The molecule has 9 nitrogen and oxygen atoms in total. The van der Waals surface area contributed by atoms with E-state index >= 15 is 0 Å². The highest BCUT2D eigenvalue weighted by Gasteiger charge is 2.21. The van der Waals surface area contributed by atoms with Crippen LogP contribution in [0.5, 0.6) is 5.75 Å². The van der Waals surface area contributed by atoms with Gasteiger partial charge in [0, 0.05) is 69.5 Å². The van der Waals surface area contributed by atoms with E-state index in [-0.39, 0.29) is 24.1 Å². The van der Waals surface area contributed by atoms with Crippen molar-refractivity contribution in [2.45, 2.75) is 59.3 Å². The van der Waals surface area contributed by atoms with Crippen LogP contribution in [0.1, 0.15) is 49.9 Å². The van der Waals surface area contributed by atoms with Gasteiger partial charge in [-0.2, -0.15) is 0 Å². The molecule has 5 aromatic carbocycles. The normalized spacial score (nSPS) is 11.1. The second-order valence-electron chi connectivity index (χ2n) is 15.0. The monoisotopic (exact) mass is 854 g/mol. The largest absolute Gasteiger partial charge is 0.495 e. The maximum atomic E-state index is 13.7. The highest BCUT2D eigenvalue weighted by atomic mass is 35.5. The van der Waals surface area contributed by atoms with Crippen LogP contribution >= 0.6 is 34.3 Å². The summed E-state index contributed by atoms with van der Waals surface area (Å²) in [6.07, 6.45) is 2.47. The Morgan fingerprint density at radius 3 is 2.03 bits per heavy atom. The van der Waals surface area contributed by atoms with E-state index in [2.05, 4.69) is 57.4 Å². The molecule has 0 saturated carbocycles. The van der Waals surface area contributed by atoms with Crippen molar-refractivity contribution in [2.24, 2.45) is 0 Å². The number of hydrogen-bond acceptors (Lipinski definition) is 7. The molecule has 60 heavy (non-hydrogen) atoms. The Morgan fingerprint density at radius 1 is 0.717 bits per heavy atom. The standard InChI is InChI=1S/C48H47ClN6O3S2/c1-31(2)54(28-34-12-8-15-37(24-34)45-50-21-22-59-45)47(56)51-40-17-10-11-33(26-40)23-36-14-6-7-18-41(36)43-30-60-46(52-43)38-16-9-13-35(25-38)29-55(32(3)4)48(57)53-42-27-39(49)19-20-44(42)58-5/h6-22,24-27,30-32H,23,28-29H2,1-5H3,(H,51,56)(H,53,57). The van der Waals surface area contributed by atoms with Crippen molar-refractivity contribution >= 4 is 57.7 Å². The molecule has 2 heterocycles. The van der Waals surface area contributed by atoms with Crippen LogP contribution in [-0.2, 0) is 19.5 Å². The lowest BCUT2D eigenvalue weighted by Crippen LogP contribution is -2.39. The number of amides is 4. The van der Waals surface area contributed by atoms with Crippen LogP contribution in [-0.4, -0.2) is 51.0 Å². The zero-order chi connectivity index (χ0) is 42.2. The molecule has 4 amide bonds. The first-order chi connectivity index (χ1) is 29.0. The third-order valence-electron chi connectivity index (χ3n) is 10.0. The molecule has 0 aliphatic carbocycles. The van der Waals surface area contributed by atoms with Crippen LogP contribution in [0.15, 0.2) is 132 Å². The molecule has 2 N–H and O–H groups in total. The molecule has 0 fully saturated rings. The fourth-order valence-corrected chi connectivity index (χ4v) is 8.56. The Balaban J connectivity index is 1.03. The number of benzene rings is 5. The van der Waals surface area contributed by atoms with Crippen molar-refractivity contribution in [3.8, 4) is 38.1 Å². The van der Waals surface area contributed by atoms with Crippen molar-refractivity contribution < 1.29 is 14.3 Å². The molecule has 2 aromatic heterocycles. The quantitative estimate of drug-likeness (QED) is 0.113. The summed E-state index contributed by atoms with van der Waals surface area (Å²) in [5.74, 6) is 0.535. The number of nitrogens with one attached hydrogen (secondary N) is 2. The van der Waals surface area contributed by atoms with E-state index in [0.29, 0.717) is 36.0 Å². The highest BCUT2D eigenvalue weighted by Crippen LogP contribution is 2.33. The fourth-order valence-electron chi connectivity index (χ4n) is 6.94. The first-order valence-corrected chi connectivity index (χ1v) is 21.9. The van der Waals surface area contributed by atoms with E-state index in [1.165, 1.54) is 0 Å². The lowest BCUT2D eigenvalue weighted by Gasteiger charge is -2.27. The van der Waals surface area contributed by atoms with Gasteiger partial charge in [-0.25, -0.2) is 19.6 Å². The van der Waals surface area contributed by atoms with Crippen molar-refractivity contribution in [3.63, 3.8) is 0 Å². The lowest BCUT2D eigenvalue weighted by atomic mass is 9.98. The maximum Gasteiger partial charge on any atom is 0.322 e. The van der Waals surface area contributed by atoms with Gasteiger partial charge in [0.2, 0.25) is 0 Å². The van der Waals surface area contributed by atoms with Gasteiger partial charge in [0.15, 0.2) is 0 Å². The summed E-state index contributed by atoms with van der Waals surface area (Å²) in [7, 11) is 1.56. The van der Waals surface area contributed by atoms with Gasteiger partial charge in [-0.1, -0.05) is 84.4 Å². The van der Waals surface area contributed by atoms with E-state index in [4.69, 9.17) is 21.3 Å². The minimum Gasteiger partial charge on any atom is -0.495 e. The first-order valence-electron chi connectivity index (χ1n) is 19.7. The Hall–Kier alpha value is -6.01. The fraction of sp³-hybridized carbons (Fsp3) is 0.208. The van der Waals surface area contributed by atoms with E-state index < -0.39 is 0 Å². The SMILES string of the molecule is COc1ccc(Cl)cc1NC(=O)N(Cc1cccc(-c2nc(-c3ccccc3Cc3cccc(NC(=O)N(Cc4cccc(-c5nccs5)c4)C(C)C)c3)cs2)c1)C(C)C. The molecule has 7 rings (SSSR count). The summed E-state index contributed by atoms with van der Waals surface area (Å²) in [6.45, 7) is 8.91. The van der Waals surface area contributed by atoms with Gasteiger partial charge >= 0.3 is 12.1 Å². The molecule has 7 aromatic rings. The Labute approximate surface area is 364 Å². The Morgan fingerprint density at radius 2 is 1.37 bits per heavy atom. The van der Waals surface area contributed by atoms with Crippen molar-refractivity contribution in [2.75, 3.05) is 17.7 Å². The van der Waals surface area contributed by atoms with Crippen molar-refractivity contribution in [1.82, 2.24) is 19.8 Å². The van der Waals surface area contributed by atoms with Crippen LogP contribution < -0.4 is 15.4 Å². The van der Waals surface area contributed by atoms with Gasteiger partial charge in [-0.3, -0.25) is 0 Å². The summed E-state index contributed by atoms with van der Waals surface area (Å²) in [5, 5.41) is 12.5. The number of nitrogens with zero attached hydrogens (tertiary/aromatic N) is 4. The average Bonchev–Trinajstić information content (AvgIpc) is 3.97. The number of thiazole rings is 2. The summed E-state index contributed by atoms with van der Waals surface area (Å²) >= 11 is 9.41. The number of carbonyl (C=O) groups excluding carboxylic acids is 2. The number of anilines is 2. The molecule has 0 radical (unpaired) electrons. The van der Waals surface area contributed by atoms with Gasteiger partial charge in [-0.05, 0) is 98.8 Å². The Bertz CT molecular complexity index is 2570. The van der Waals surface area contributed by atoms with E-state index in [1.54, 1.807) is 59.1 Å². The van der Waals surface area contributed by atoms with Gasteiger partial charge in [0.05, 0.1) is 18.5 Å². The zero-order valence-electron chi connectivity index (χ0n) is 34.2. The van der Waals surface area contributed by atoms with Gasteiger partial charge in [0.25, 0.3) is 0 Å². The predicted octanol–water partition coefficient (Wildman–Crippen LogP) is 12.7. The highest BCUT2D eigenvalue weighted by molar-refractivity contribution is 7.13. The van der Waals surface area contributed by atoms with Crippen LogP contribution in [0.25, 0.3) is 32.4 Å². The van der Waals surface area contributed by atoms with Crippen LogP contribution in [0.3, 0.4) is 0 Å². The molecule has 0 bridgehead atoms. The number of rotatable bonds is 14. The number of halogens is 1. The molecule has 0 spiro atoms. The molecule has 0 unspecified atom stereocenters. The molecule has 306 valence electrons. The van der Waals surface area contributed by atoms with Crippen molar-refractivity contribution in [3.05, 3.63) is 159 Å². The molecule has 0 atom stereocenters. The number of methoxy groups -OCH3 is 1. The molecule has 0 aliphatic rings. The molecule has 0 saturated heterocycles. The minimum atomic E-state index is -0.251. The average molecular weight is 856 g/mol. The summed E-state index contributed by atoms with van der Waals surface area (Å²) in [6, 6.07) is 37.4. The Kier molecular flexibility index (Phi) is 13.6. The van der Waals surface area contributed by atoms with Gasteiger partial charge in [0.1, 0.15) is 15.8 Å². The third kappa shape index (κ3) is 10.4. The molecule has 0 aliphatic heterocycles. The van der Waals surface area contributed by atoms with Gasteiger partial charge in [-0.15, -0.1) is 22.7 Å². The van der Waals surface area contributed by atoms with Gasteiger partial charge < -0.3 is 25.2 Å². The summed E-state index contributed by atoms with van der Waals surface area (Å²) < 4.78 is 5.44. The second-order valence-corrected chi connectivity index (χ2v) is 17.1. The lowest BCUT2D eigenvalue weighted by molar-refractivity contribution is 0.193. The van der Waals surface area contributed by atoms with Crippen LogP contribution in [0, 0.1) is 0 Å². The second kappa shape index (κ2) is 19.4. The number of urea groups is 2. The maximum absolute atomic E-state index is 13.7. The first kappa shape index (κ1) is 42.1. The predicted molar refractivity (Wildman–Crippen MR) is 247 cm³/mol. The number of hydrogen-bond donors (Lipinski definition) is 2. The summed E-state index contributed by atoms with van der Waals surface area (Å²) in [4.78, 5) is 40.4. The summed E-state index contributed by atoms with van der Waals surface area (Å²) in [5.41, 5.74) is 9.46. The molecule has 12 heteroatoms. The van der Waals surface area contributed by atoms with E-state index in [0.717, 1.165) is 60.3 Å². The topological polar surface area (TPSA) is 99.7 Å². The van der Waals surface area contributed by atoms with E-state index in [1.807, 2.05) is 98.6 Å². The third-order valence-corrected chi connectivity index (χ3v) is 12.0. The zero-order valence-corrected chi connectivity index (χ0v) is 36.6. The number of ether oxygens (including phenoxy) is 1.